The maximum absolute atomic E-state index is 11.5. The van der Waals surface area contributed by atoms with Crippen molar-refractivity contribution in [2.45, 2.75) is 13.0 Å². The Labute approximate surface area is 102 Å². The first-order chi connectivity index (χ1) is 7.38. The molecule has 1 heterocycles. The minimum atomic E-state index is -3.30. The molecule has 0 bridgehead atoms. The first-order valence-corrected chi connectivity index (χ1v) is 6.95. The van der Waals surface area contributed by atoms with Gasteiger partial charge in [0.05, 0.1) is 11.0 Å². The van der Waals surface area contributed by atoms with Crippen LogP contribution in [-0.2, 0) is 10.2 Å². The minimum absolute atomic E-state index is 0.0226. The largest absolute Gasteiger partial charge is 0.392 e. The van der Waals surface area contributed by atoms with E-state index >= 15 is 0 Å². The highest BCUT2D eigenvalue weighted by Crippen LogP contribution is 2.09. The molecule has 1 fully saturated rings. The van der Waals surface area contributed by atoms with Crippen molar-refractivity contribution >= 4 is 27.4 Å². The SMILES string of the molecule is CNS(=O)(=O)N1CCN(C(C)C(N)=S)CC1. The van der Waals surface area contributed by atoms with Crippen molar-refractivity contribution in [3.63, 3.8) is 0 Å². The van der Waals surface area contributed by atoms with Crippen molar-refractivity contribution < 1.29 is 8.42 Å². The van der Waals surface area contributed by atoms with Crippen LogP contribution in [0.25, 0.3) is 0 Å². The molecule has 1 atom stereocenters. The molecule has 0 amide bonds. The van der Waals surface area contributed by atoms with E-state index in [1.807, 2.05) is 6.92 Å². The van der Waals surface area contributed by atoms with Crippen molar-refractivity contribution in [1.29, 1.82) is 0 Å². The topological polar surface area (TPSA) is 78.7 Å². The van der Waals surface area contributed by atoms with Crippen molar-refractivity contribution in [3.8, 4) is 0 Å². The predicted octanol–water partition coefficient (Wildman–Crippen LogP) is -1.26. The maximum atomic E-state index is 11.5. The van der Waals surface area contributed by atoms with Gasteiger partial charge in [-0.2, -0.15) is 12.7 Å². The summed E-state index contributed by atoms with van der Waals surface area (Å²) in [6.45, 7) is 4.18. The number of hydrogen-bond acceptors (Lipinski definition) is 4. The van der Waals surface area contributed by atoms with Crippen molar-refractivity contribution in [2.24, 2.45) is 5.73 Å². The van der Waals surface area contributed by atoms with E-state index in [-0.39, 0.29) is 6.04 Å². The average molecular weight is 266 g/mol. The minimum Gasteiger partial charge on any atom is -0.392 e. The van der Waals surface area contributed by atoms with Crippen LogP contribution in [0, 0.1) is 0 Å². The van der Waals surface area contributed by atoms with Gasteiger partial charge in [-0.15, -0.1) is 0 Å². The molecular weight excluding hydrogens is 248 g/mol. The molecule has 1 rings (SSSR count). The summed E-state index contributed by atoms with van der Waals surface area (Å²) in [5.41, 5.74) is 5.56. The zero-order chi connectivity index (χ0) is 12.3. The molecule has 3 N–H and O–H groups in total. The molecule has 0 spiro atoms. The van der Waals surface area contributed by atoms with Gasteiger partial charge in [0.25, 0.3) is 10.2 Å². The van der Waals surface area contributed by atoms with Crippen LogP contribution >= 0.6 is 12.2 Å². The van der Waals surface area contributed by atoms with Crippen LogP contribution < -0.4 is 10.5 Å². The molecular formula is C8H18N4O2S2. The third-order valence-corrected chi connectivity index (χ3v) is 4.73. The average Bonchev–Trinajstić information content (AvgIpc) is 2.28. The second-order valence-corrected chi connectivity index (χ2v) is 6.07. The summed E-state index contributed by atoms with van der Waals surface area (Å²) in [5, 5.41) is 0. The Morgan fingerprint density at radius 1 is 1.38 bits per heavy atom. The number of nitrogens with zero attached hydrogens (tertiary/aromatic N) is 2. The van der Waals surface area contributed by atoms with E-state index in [4.69, 9.17) is 18.0 Å². The number of thiocarbonyl (C=S) groups is 1. The number of nitrogens with two attached hydrogens (primary N) is 1. The van der Waals surface area contributed by atoms with Gasteiger partial charge in [0.1, 0.15) is 0 Å². The van der Waals surface area contributed by atoms with E-state index in [2.05, 4.69) is 9.62 Å². The Hall–Kier alpha value is -0.280. The summed E-state index contributed by atoms with van der Waals surface area (Å²) in [4.78, 5) is 2.54. The summed E-state index contributed by atoms with van der Waals surface area (Å²) in [5.74, 6) is 0. The Kier molecular flexibility index (Phi) is 4.62. The number of rotatable bonds is 4. The van der Waals surface area contributed by atoms with Crippen LogP contribution in [0.2, 0.25) is 0 Å². The monoisotopic (exact) mass is 266 g/mol. The van der Waals surface area contributed by atoms with Crippen molar-refractivity contribution in [1.82, 2.24) is 13.9 Å². The standard InChI is InChI=1S/C8H18N4O2S2/c1-7(8(9)15)11-3-5-12(6-4-11)16(13,14)10-2/h7,10H,3-6H2,1-2H3,(H2,9,15). The predicted molar refractivity (Wildman–Crippen MR) is 67.4 cm³/mol. The molecule has 0 aromatic rings. The second-order valence-electron chi connectivity index (χ2n) is 3.72. The van der Waals surface area contributed by atoms with Gasteiger partial charge in [0, 0.05) is 33.2 Å². The number of hydrogen-bond donors (Lipinski definition) is 2. The fraction of sp³-hybridized carbons (Fsp3) is 0.875. The normalized spacial score (nSPS) is 21.9. The molecule has 0 aromatic heterocycles. The van der Waals surface area contributed by atoms with Crippen LogP contribution in [0.4, 0.5) is 0 Å². The lowest BCUT2D eigenvalue weighted by molar-refractivity contribution is 0.174. The van der Waals surface area contributed by atoms with Crippen LogP contribution in [-0.4, -0.2) is 61.9 Å². The lowest BCUT2D eigenvalue weighted by Crippen LogP contribution is -2.55. The Balaban J connectivity index is 2.55. The lowest BCUT2D eigenvalue weighted by atomic mass is 10.2. The first kappa shape index (κ1) is 13.8. The highest BCUT2D eigenvalue weighted by Gasteiger charge is 2.28. The molecule has 0 saturated carbocycles. The van der Waals surface area contributed by atoms with E-state index in [1.165, 1.54) is 11.4 Å². The van der Waals surface area contributed by atoms with Crippen LogP contribution in [0.15, 0.2) is 0 Å². The lowest BCUT2D eigenvalue weighted by Gasteiger charge is -2.36. The molecule has 0 aliphatic carbocycles. The van der Waals surface area contributed by atoms with Gasteiger partial charge in [0.2, 0.25) is 0 Å². The van der Waals surface area contributed by atoms with Gasteiger partial charge < -0.3 is 5.73 Å². The highest BCUT2D eigenvalue weighted by atomic mass is 32.2. The first-order valence-electron chi connectivity index (χ1n) is 5.10. The number of piperazine rings is 1. The smallest absolute Gasteiger partial charge is 0.279 e. The summed E-state index contributed by atoms with van der Waals surface area (Å²) in [7, 11) is -1.88. The van der Waals surface area contributed by atoms with E-state index in [0.717, 1.165) is 0 Å². The zero-order valence-electron chi connectivity index (χ0n) is 9.51. The fourth-order valence-electron chi connectivity index (χ4n) is 1.64. The van der Waals surface area contributed by atoms with Gasteiger partial charge >= 0.3 is 0 Å². The second kappa shape index (κ2) is 5.37. The Morgan fingerprint density at radius 3 is 2.25 bits per heavy atom. The molecule has 1 aliphatic rings. The molecule has 0 radical (unpaired) electrons. The van der Waals surface area contributed by atoms with E-state index in [1.54, 1.807) is 0 Å². The van der Waals surface area contributed by atoms with E-state index < -0.39 is 10.2 Å². The van der Waals surface area contributed by atoms with Gasteiger partial charge in [-0.1, -0.05) is 12.2 Å². The summed E-state index contributed by atoms with van der Waals surface area (Å²) in [6.07, 6.45) is 0. The molecule has 1 saturated heterocycles. The van der Waals surface area contributed by atoms with Crippen LogP contribution in [0.1, 0.15) is 6.92 Å². The van der Waals surface area contributed by atoms with Gasteiger partial charge in [0.15, 0.2) is 0 Å². The Morgan fingerprint density at radius 2 is 1.88 bits per heavy atom. The summed E-state index contributed by atoms with van der Waals surface area (Å²) < 4.78 is 26.8. The van der Waals surface area contributed by atoms with Gasteiger partial charge in [-0.05, 0) is 6.92 Å². The summed E-state index contributed by atoms with van der Waals surface area (Å²) >= 11 is 4.92. The summed E-state index contributed by atoms with van der Waals surface area (Å²) in [6, 6.07) is 0.0226. The zero-order valence-corrected chi connectivity index (χ0v) is 11.1. The molecule has 6 nitrogen and oxygen atoms in total. The van der Waals surface area contributed by atoms with Gasteiger partial charge in [-0.25, -0.2) is 4.72 Å². The molecule has 16 heavy (non-hydrogen) atoms. The quantitative estimate of drug-likeness (QED) is 0.621. The molecule has 0 aromatic carbocycles. The maximum Gasteiger partial charge on any atom is 0.279 e. The molecule has 1 aliphatic heterocycles. The van der Waals surface area contributed by atoms with E-state index in [9.17, 15) is 8.42 Å². The van der Waals surface area contributed by atoms with Crippen molar-refractivity contribution in [2.75, 3.05) is 33.2 Å². The molecule has 8 heteroatoms. The van der Waals surface area contributed by atoms with Crippen molar-refractivity contribution in [3.05, 3.63) is 0 Å². The van der Waals surface area contributed by atoms with Crippen LogP contribution in [0.5, 0.6) is 0 Å². The third-order valence-electron chi connectivity index (χ3n) is 2.83. The van der Waals surface area contributed by atoms with E-state index in [0.29, 0.717) is 31.2 Å². The molecule has 1 unspecified atom stereocenters. The Bertz CT molecular complexity index is 349. The van der Waals surface area contributed by atoms with Gasteiger partial charge in [-0.3, -0.25) is 4.90 Å². The highest BCUT2D eigenvalue weighted by molar-refractivity contribution is 7.87. The third kappa shape index (κ3) is 3.11. The van der Waals surface area contributed by atoms with Crippen LogP contribution in [0.3, 0.4) is 0 Å². The fourth-order valence-corrected chi connectivity index (χ4v) is 2.69. The molecule has 94 valence electrons. The number of nitrogens with one attached hydrogen (secondary N) is 1.